The van der Waals surface area contributed by atoms with E-state index in [1.807, 2.05) is 0 Å². The maximum absolute atomic E-state index is 13.1. The van der Waals surface area contributed by atoms with E-state index in [-0.39, 0.29) is 10.3 Å². The van der Waals surface area contributed by atoms with Crippen LogP contribution in [0, 0.1) is 5.82 Å². The van der Waals surface area contributed by atoms with E-state index >= 15 is 0 Å². The highest BCUT2D eigenvalue weighted by molar-refractivity contribution is 6.33. The van der Waals surface area contributed by atoms with Gasteiger partial charge in [-0.1, -0.05) is 23.2 Å². The Bertz CT molecular complexity index is 404. The summed E-state index contributed by atoms with van der Waals surface area (Å²) in [5.41, 5.74) is -0.175. The molecule has 0 N–H and O–H groups in total. The molecule has 1 aliphatic rings. The highest BCUT2D eigenvalue weighted by Gasteiger charge is 2.46. The Morgan fingerprint density at radius 3 is 2.57 bits per heavy atom. The number of aromatic nitrogens is 1. The predicted molar refractivity (Wildman–Crippen MR) is 51.2 cm³/mol. The van der Waals surface area contributed by atoms with E-state index in [2.05, 4.69) is 4.98 Å². The van der Waals surface area contributed by atoms with E-state index in [9.17, 15) is 9.18 Å². The molecule has 0 bridgehead atoms. The monoisotopic (exact) mass is 233 g/mol. The maximum Gasteiger partial charge on any atom is 0.166 e. The molecule has 0 saturated heterocycles. The number of pyridine rings is 1. The van der Waals surface area contributed by atoms with Crippen LogP contribution in [0.5, 0.6) is 0 Å². The number of nitrogens with zero attached hydrogens (tertiary/aromatic N) is 1. The van der Waals surface area contributed by atoms with Crippen LogP contribution < -0.4 is 0 Å². The molecule has 14 heavy (non-hydrogen) atoms. The normalized spacial score (nSPS) is 17.9. The van der Waals surface area contributed by atoms with Gasteiger partial charge in [-0.3, -0.25) is 0 Å². The van der Waals surface area contributed by atoms with Crippen LogP contribution in [0.25, 0.3) is 0 Å². The molecule has 5 heteroatoms. The third-order valence-electron chi connectivity index (χ3n) is 2.44. The van der Waals surface area contributed by atoms with Crippen molar-refractivity contribution in [2.24, 2.45) is 0 Å². The molecule has 2 nitrogen and oxygen atoms in total. The Morgan fingerprint density at radius 2 is 2.07 bits per heavy atom. The first-order valence-electron chi connectivity index (χ1n) is 4.07. The van der Waals surface area contributed by atoms with Gasteiger partial charge < -0.3 is 4.79 Å². The summed E-state index contributed by atoms with van der Waals surface area (Å²) in [6.45, 7) is 0. The summed E-state index contributed by atoms with van der Waals surface area (Å²) < 4.78 is 13.1. The van der Waals surface area contributed by atoms with E-state index in [0.29, 0.717) is 18.4 Å². The van der Waals surface area contributed by atoms with Gasteiger partial charge in [-0.2, -0.15) is 0 Å². The van der Waals surface area contributed by atoms with Crippen molar-refractivity contribution < 1.29 is 9.18 Å². The number of carbonyl (C=O) groups is 1. The van der Waals surface area contributed by atoms with Crippen molar-refractivity contribution in [2.45, 2.75) is 18.3 Å². The molecule has 0 unspecified atom stereocenters. The molecular formula is C9H6Cl2FNO. The molecule has 0 radical (unpaired) electrons. The fraction of sp³-hybridized carbons (Fsp3) is 0.333. The van der Waals surface area contributed by atoms with Gasteiger partial charge in [0.15, 0.2) is 11.0 Å². The first-order valence-corrected chi connectivity index (χ1v) is 4.83. The summed E-state index contributed by atoms with van der Waals surface area (Å²) in [5, 5.41) is -0.151. The highest BCUT2D eigenvalue weighted by Crippen LogP contribution is 2.48. The second-order valence-corrected chi connectivity index (χ2v) is 4.09. The topological polar surface area (TPSA) is 30.0 Å². The zero-order chi connectivity index (χ0) is 10.3. The van der Waals surface area contributed by atoms with Crippen LogP contribution in [0.1, 0.15) is 18.4 Å². The van der Waals surface area contributed by atoms with Crippen LogP contribution >= 0.6 is 23.2 Å². The standard InChI is InChI=1S/C9H6Cl2FNO/c10-7-5(9(4-14)1-2-9)3-6(12)8(11)13-7/h3-4H,1-2H2. The number of hydrogen-bond donors (Lipinski definition) is 0. The maximum atomic E-state index is 13.1. The molecular weight excluding hydrogens is 228 g/mol. The Labute approximate surface area is 90.0 Å². The third kappa shape index (κ3) is 1.41. The molecule has 1 aromatic rings. The van der Waals surface area contributed by atoms with Gasteiger partial charge in [-0.25, -0.2) is 9.37 Å². The van der Waals surface area contributed by atoms with Crippen molar-refractivity contribution in [2.75, 3.05) is 0 Å². The SMILES string of the molecule is O=CC1(c2cc(F)c(Cl)nc2Cl)CC1. The molecule has 1 fully saturated rings. The van der Waals surface area contributed by atoms with Gasteiger partial charge in [0, 0.05) is 5.56 Å². The van der Waals surface area contributed by atoms with E-state index in [4.69, 9.17) is 23.2 Å². The van der Waals surface area contributed by atoms with Crippen LogP contribution in [0.15, 0.2) is 6.07 Å². The highest BCUT2D eigenvalue weighted by atomic mass is 35.5. The van der Waals surface area contributed by atoms with E-state index in [1.54, 1.807) is 0 Å². The average molecular weight is 234 g/mol. The quantitative estimate of drug-likeness (QED) is 0.581. The Morgan fingerprint density at radius 1 is 1.43 bits per heavy atom. The molecule has 1 saturated carbocycles. The molecule has 1 heterocycles. The van der Waals surface area contributed by atoms with Gasteiger partial charge in [-0.15, -0.1) is 0 Å². The van der Waals surface area contributed by atoms with Gasteiger partial charge in [0.2, 0.25) is 0 Å². The molecule has 0 aliphatic heterocycles. The second-order valence-electron chi connectivity index (χ2n) is 3.37. The van der Waals surface area contributed by atoms with Gasteiger partial charge >= 0.3 is 0 Å². The molecule has 0 atom stereocenters. The number of aldehydes is 1. The number of rotatable bonds is 2. The Kier molecular flexibility index (Phi) is 2.24. The zero-order valence-corrected chi connectivity index (χ0v) is 8.57. The first kappa shape index (κ1) is 9.87. The molecule has 0 amide bonds. The Hall–Kier alpha value is -0.670. The fourth-order valence-corrected chi connectivity index (χ4v) is 1.89. The summed E-state index contributed by atoms with van der Waals surface area (Å²) in [7, 11) is 0. The average Bonchev–Trinajstić information content (AvgIpc) is 2.92. The minimum Gasteiger partial charge on any atom is -0.302 e. The lowest BCUT2D eigenvalue weighted by Gasteiger charge is -2.09. The van der Waals surface area contributed by atoms with Crippen LogP contribution in [-0.2, 0) is 10.2 Å². The number of halogens is 3. The number of hydrogen-bond acceptors (Lipinski definition) is 2. The van der Waals surface area contributed by atoms with Gasteiger partial charge in [-0.05, 0) is 18.9 Å². The third-order valence-corrected chi connectivity index (χ3v) is 2.99. The Balaban J connectivity index is 2.54. The van der Waals surface area contributed by atoms with Crippen molar-refractivity contribution >= 4 is 29.5 Å². The zero-order valence-electron chi connectivity index (χ0n) is 7.06. The van der Waals surface area contributed by atoms with Gasteiger partial charge in [0.25, 0.3) is 0 Å². The molecule has 74 valence electrons. The van der Waals surface area contributed by atoms with E-state index in [1.165, 1.54) is 6.07 Å². The summed E-state index contributed by atoms with van der Waals surface area (Å²) in [5.74, 6) is -0.640. The summed E-state index contributed by atoms with van der Waals surface area (Å²) in [6, 6.07) is 1.19. The van der Waals surface area contributed by atoms with Gasteiger partial charge in [0.1, 0.15) is 11.4 Å². The lowest BCUT2D eigenvalue weighted by molar-refractivity contribution is -0.109. The molecule has 0 spiro atoms. The van der Waals surface area contributed by atoms with Crippen LogP contribution in [-0.4, -0.2) is 11.3 Å². The lowest BCUT2D eigenvalue weighted by Crippen LogP contribution is -2.10. The fourth-order valence-electron chi connectivity index (χ4n) is 1.38. The summed E-state index contributed by atoms with van der Waals surface area (Å²) in [6.07, 6.45) is 2.18. The first-order chi connectivity index (χ1) is 6.59. The minimum atomic E-state index is -0.640. The van der Waals surface area contributed by atoms with Crippen molar-refractivity contribution in [1.29, 1.82) is 0 Å². The molecule has 1 aliphatic carbocycles. The van der Waals surface area contributed by atoms with E-state index < -0.39 is 11.2 Å². The van der Waals surface area contributed by atoms with Crippen molar-refractivity contribution in [3.8, 4) is 0 Å². The second kappa shape index (κ2) is 3.17. The largest absolute Gasteiger partial charge is 0.302 e. The summed E-state index contributed by atoms with van der Waals surface area (Å²) >= 11 is 11.2. The van der Waals surface area contributed by atoms with Crippen LogP contribution in [0.2, 0.25) is 10.3 Å². The molecule has 0 aromatic carbocycles. The summed E-state index contributed by atoms with van der Waals surface area (Å²) in [4.78, 5) is 14.4. The van der Waals surface area contributed by atoms with Crippen LogP contribution in [0.4, 0.5) is 4.39 Å². The van der Waals surface area contributed by atoms with Crippen LogP contribution in [0.3, 0.4) is 0 Å². The lowest BCUT2D eigenvalue weighted by atomic mass is 10.00. The molecule has 1 aromatic heterocycles. The van der Waals surface area contributed by atoms with E-state index in [0.717, 1.165) is 6.29 Å². The molecule has 2 rings (SSSR count). The number of carbonyl (C=O) groups excluding carboxylic acids is 1. The van der Waals surface area contributed by atoms with Crippen molar-refractivity contribution in [1.82, 2.24) is 4.98 Å². The predicted octanol–water partition coefficient (Wildman–Crippen LogP) is 2.76. The smallest absolute Gasteiger partial charge is 0.166 e. The van der Waals surface area contributed by atoms with Crippen molar-refractivity contribution in [3.63, 3.8) is 0 Å². The minimum absolute atomic E-state index is 0.112. The van der Waals surface area contributed by atoms with Crippen molar-refractivity contribution in [3.05, 3.63) is 27.8 Å². The van der Waals surface area contributed by atoms with Gasteiger partial charge in [0.05, 0.1) is 5.41 Å².